The van der Waals surface area contributed by atoms with Crippen molar-refractivity contribution >= 4 is 47.4 Å². The molecule has 51 heavy (non-hydrogen) atoms. The summed E-state index contributed by atoms with van der Waals surface area (Å²) in [6, 6.07) is 22.7. The molecule has 0 spiro atoms. The second kappa shape index (κ2) is 16.1. The van der Waals surface area contributed by atoms with E-state index in [1.54, 1.807) is 53.5 Å². The molecule has 1 N–H and O–H groups in total. The predicted molar refractivity (Wildman–Crippen MR) is 193 cm³/mol. The topological polar surface area (TPSA) is 103 Å². The summed E-state index contributed by atoms with van der Waals surface area (Å²) in [4.78, 5) is 7.94. The lowest BCUT2D eigenvalue weighted by atomic mass is 9.91. The van der Waals surface area contributed by atoms with Crippen molar-refractivity contribution < 1.29 is 23.4 Å². The fourth-order valence-corrected chi connectivity index (χ4v) is 6.62. The van der Waals surface area contributed by atoms with E-state index in [1.807, 2.05) is 31.2 Å². The molecule has 15 heteroatoms. The second-order valence-electron chi connectivity index (χ2n) is 11.7. The molecule has 6 aromatic rings. The Morgan fingerprint density at radius 2 is 1.71 bits per heavy atom. The Hall–Kier alpha value is -4.04. The van der Waals surface area contributed by atoms with Gasteiger partial charge < -0.3 is 14.6 Å². The molecule has 2 unspecified atom stereocenters. The quantitative estimate of drug-likeness (QED) is 0.100. The summed E-state index contributed by atoms with van der Waals surface area (Å²) in [5, 5.41) is 20.9. The number of nitrogens with zero attached hydrogens (tertiary/aromatic N) is 6. The monoisotopic (exact) mass is 770 g/mol. The average Bonchev–Trinajstić information content (AvgIpc) is 3.36. The van der Waals surface area contributed by atoms with E-state index in [9.17, 15) is 13.9 Å². The first-order valence-corrected chi connectivity index (χ1v) is 17.4. The van der Waals surface area contributed by atoms with Gasteiger partial charge in [-0.05, 0) is 60.5 Å². The smallest absolute Gasteiger partial charge is 0.183 e. The number of epoxide rings is 1. The van der Waals surface area contributed by atoms with E-state index >= 15 is 0 Å². The maximum absolute atomic E-state index is 14.5. The largest absolute Gasteiger partial charge is 0.457 e. The van der Waals surface area contributed by atoms with Crippen LogP contribution in [0.5, 0.6) is 11.5 Å². The van der Waals surface area contributed by atoms with E-state index in [0.717, 1.165) is 23.6 Å². The van der Waals surface area contributed by atoms with Gasteiger partial charge in [-0.3, -0.25) is 0 Å². The predicted octanol–water partition coefficient (Wildman–Crippen LogP) is 9.29. The van der Waals surface area contributed by atoms with E-state index < -0.39 is 35.5 Å². The van der Waals surface area contributed by atoms with E-state index in [0.29, 0.717) is 38.1 Å². The lowest BCUT2D eigenvalue weighted by Crippen LogP contribution is -2.26. The van der Waals surface area contributed by atoms with Crippen LogP contribution < -0.4 is 4.74 Å². The first kappa shape index (κ1) is 36.7. The zero-order chi connectivity index (χ0) is 36.1. The number of aliphatic hydroxyl groups is 1. The van der Waals surface area contributed by atoms with Gasteiger partial charge in [0.1, 0.15) is 59.9 Å². The van der Waals surface area contributed by atoms with Gasteiger partial charge in [-0.15, -0.1) is 12.6 Å². The van der Waals surface area contributed by atoms with Gasteiger partial charge in [0.15, 0.2) is 5.16 Å². The number of thiol groups is 1. The zero-order valence-corrected chi connectivity index (χ0v) is 30.1. The minimum Gasteiger partial charge on any atom is -0.457 e. The molecule has 4 atom stereocenters. The highest BCUT2D eigenvalue weighted by molar-refractivity contribution is 7.80. The molecular formula is C36H31Cl3F2N6O3S. The molecule has 9 nitrogen and oxygen atoms in total. The van der Waals surface area contributed by atoms with Crippen LogP contribution in [0.15, 0.2) is 109 Å². The molecule has 0 bridgehead atoms. The van der Waals surface area contributed by atoms with Gasteiger partial charge in [-0.25, -0.2) is 28.1 Å². The maximum atomic E-state index is 14.5. The van der Waals surface area contributed by atoms with Crippen LogP contribution in [0.2, 0.25) is 15.1 Å². The van der Waals surface area contributed by atoms with Crippen LogP contribution in [-0.4, -0.2) is 40.7 Å². The second-order valence-corrected chi connectivity index (χ2v) is 13.3. The maximum Gasteiger partial charge on any atom is 0.183 e. The van der Waals surface area contributed by atoms with Crippen molar-refractivity contribution in [1.29, 1.82) is 0 Å². The van der Waals surface area contributed by atoms with Crippen molar-refractivity contribution in [1.82, 2.24) is 29.5 Å². The fraction of sp³-hybridized carbons (Fsp3) is 0.222. The van der Waals surface area contributed by atoms with E-state index in [1.165, 1.54) is 29.5 Å². The molecule has 1 fully saturated rings. The molecule has 264 valence electrons. The Kier molecular flexibility index (Phi) is 11.6. The summed E-state index contributed by atoms with van der Waals surface area (Å²) >= 11 is 22.9. The van der Waals surface area contributed by atoms with Crippen LogP contribution in [0.1, 0.15) is 48.6 Å². The summed E-state index contributed by atoms with van der Waals surface area (Å²) in [5.74, 6) is -0.0715. The molecule has 4 aromatic carbocycles. The van der Waals surface area contributed by atoms with Crippen molar-refractivity contribution in [3.8, 4) is 11.5 Å². The summed E-state index contributed by atoms with van der Waals surface area (Å²) < 4.78 is 42.7. The lowest BCUT2D eigenvalue weighted by molar-refractivity contribution is 0.114. The zero-order valence-electron chi connectivity index (χ0n) is 27.0. The molecular weight excluding hydrogens is 741 g/mol. The average molecular weight is 772 g/mol. The van der Waals surface area contributed by atoms with Crippen LogP contribution in [0.4, 0.5) is 8.78 Å². The first-order valence-electron chi connectivity index (χ1n) is 15.8. The number of hydrogen-bond acceptors (Lipinski definition) is 8. The molecule has 1 aliphatic rings. The number of aliphatic hydroxyl groups excluding tert-OH is 1. The van der Waals surface area contributed by atoms with Crippen LogP contribution in [0.25, 0.3) is 0 Å². The normalized spacial score (nSPS) is 17.7. The Balaban J connectivity index is 0.000000176. The van der Waals surface area contributed by atoms with Gasteiger partial charge in [0.05, 0.1) is 12.6 Å². The van der Waals surface area contributed by atoms with Crippen LogP contribution >= 0.6 is 47.4 Å². The van der Waals surface area contributed by atoms with Crippen molar-refractivity contribution in [3.05, 3.63) is 147 Å². The summed E-state index contributed by atoms with van der Waals surface area (Å²) in [6.45, 7) is 2.19. The number of ether oxygens (including phenoxy) is 2. The third-order valence-corrected chi connectivity index (χ3v) is 9.53. The van der Waals surface area contributed by atoms with E-state index in [2.05, 4.69) is 32.8 Å². The van der Waals surface area contributed by atoms with Crippen LogP contribution in [0, 0.1) is 11.6 Å². The van der Waals surface area contributed by atoms with Crippen LogP contribution in [0.3, 0.4) is 0 Å². The molecule has 0 saturated carbocycles. The third-order valence-electron chi connectivity index (χ3n) is 8.26. The minimum atomic E-state index is -1.06. The number of hydrogen-bond donors (Lipinski definition) is 2. The number of halogens is 5. The van der Waals surface area contributed by atoms with Gasteiger partial charge in [-0.2, -0.15) is 10.2 Å². The van der Waals surface area contributed by atoms with Gasteiger partial charge >= 0.3 is 0 Å². The highest BCUT2D eigenvalue weighted by Gasteiger charge is 2.61. The van der Waals surface area contributed by atoms with Gasteiger partial charge in [0.2, 0.25) is 0 Å². The fourth-order valence-electron chi connectivity index (χ4n) is 5.80. The SMILES string of the molecule is CCCC(O)C(c1ccc(Oc2ccc(Cl)cc2)cc1Cl)n1cncn1.Fc1ccc([C@@]2(Cn3ncnc3S)O[C@@H]2c2ccccc2Cl)c(F)c1. The number of benzene rings is 4. The van der Waals surface area contributed by atoms with Gasteiger partial charge in [-0.1, -0.05) is 78.5 Å². The number of rotatable bonds is 11. The van der Waals surface area contributed by atoms with E-state index in [-0.39, 0.29) is 12.1 Å². The molecule has 1 saturated heterocycles. The summed E-state index contributed by atoms with van der Waals surface area (Å²) in [5.41, 5.74) is 0.672. The Morgan fingerprint density at radius 3 is 2.35 bits per heavy atom. The Morgan fingerprint density at radius 1 is 0.941 bits per heavy atom. The highest BCUT2D eigenvalue weighted by Crippen LogP contribution is 2.59. The molecule has 2 aromatic heterocycles. The van der Waals surface area contributed by atoms with Crippen molar-refractivity contribution in [2.24, 2.45) is 0 Å². The van der Waals surface area contributed by atoms with Crippen molar-refractivity contribution in [2.75, 3.05) is 0 Å². The standard InChI is InChI=1S/C19H19Cl2N3O2.C17H12ClF2N3OS/c1-2-3-18(25)19(24-12-22-11-23-24)16-9-8-15(10-17(16)21)26-14-6-4-13(20)5-7-14;18-13-4-2-1-3-11(13)15-17(24-15,8-23-16(25)21-9-22-23)12-6-5-10(19)7-14(12)20/h4-12,18-19,25H,2-3H2,1H3;1-7,9,15H,8H2,(H,21,22,25)/t;15-,17-/m.1/s1. The number of aromatic nitrogens is 6. The molecule has 0 aliphatic carbocycles. The Labute approximate surface area is 313 Å². The third kappa shape index (κ3) is 8.38. The molecule has 1 aliphatic heterocycles. The summed E-state index contributed by atoms with van der Waals surface area (Å²) in [6.07, 6.45) is 4.74. The van der Waals surface area contributed by atoms with Crippen molar-refractivity contribution in [2.45, 2.75) is 55.3 Å². The highest BCUT2D eigenvalue weighted by atomic mass is 35.5. The molecule has 0 amide bonds. The lowest BCUT2D eigenvalue weighted by Gasteiger charge is -2.24. The van der Waals surface area contributed by atoms with Crippen molar-refractivity contribution in [3.63, 3.8) is 0 Å². The first-order chi connectivity index (χ1) is 24.6. The van der Waals surface area contributed by atoms with E-state index in [4.69, 9.17) is 44.3 Å². The minimum absolute atomic E-state index is 0.171. The molecule has 0 radical (unpaired) electrons. The van der Waals surface area contributed by atoms with Crippen LogP contribution in [-0.2, 0) is 16.9 Å². The summed E-state index contributed by atoms with van der Waals surface area (Å²) in [7, 11) is 0. The molecule has 3 heterocycles. The van der Waals surface area contributed by atoms with Gasteiger partial charge in [0, 0.05) is 32.3 Å². The molecule has 7 rings (SSSR count). The Bertz CT molecular complexity index is 2090. The van der Waals surface area contributed by atoms with Gasteiger partial charge in [0.25, 0.3) is 0 Å².